The van der Waals surface area contributed by atoms with E-state index >= 15 is 0 Å². The monoisotopic (exact) mass is 500 g/mol. The summed E-state index contributed by atoms with van der Waals surface area (Å²) in [4.78, 5) is 36.4. The highest BCUT2D eigenvalue weighted by Crippen LogP contribution is 2.36. The third kappa shape index (κ3) is 4.79. The van der Waals surface area contributed by atoms with E-state index in [-0.39, 0.29) is 35.4 Å². The van der Waals surface area contributed by atoms with Gasteiger partial charge in [0, 0.05) is 42.8 Å². The van der Waals surface area contributed by atoms with Gasteiger partial charge in [0.15, 0.2) is 0 Å². The van der Waals surface area contributed by atoms with E-state index in [1.54, 1.807) is 21.6 Å². The average Bonchev–Trinajstić information content (AvgIpc) is 2.82. The van der Waals surface area contributed by atoms with Gasteiger partial charge in [-0.3, -0.25) is 14.5 Å². The molecule has 36 heavy (non-hydrogen) atoms. The van der Waals surface area contributed by atoms with Gasteiger partial charge in [-0.1, -0.05) is 6.07 Å². The topological polar surface area (TPSA) is 97.3 Å². The van der Waals surface area contributed by atoms with Crippen LogP contribution in [0.2, 0.25) is 0 Å². The highest BCUT2D eigenvalue weighted by Gasteiger charge is 2.39. The van der Waals surface area contributed by atoms with Crippen LogP contribution in [-0.2, 0) is 11.0 Å². The van der Waals surface area contributed by atoms with Crippen molar-refractivity contribution in [1.29, 1.82) is 0 Å². The van der Waals surface area contributed by atoms with E-state index in [9.17, 15) is 22.8 Å². The van der Waals surface area contributed by atoms with Gasteiger partial charge < -0.3 is 15.2 Å². The number of nitrogens with two attached hydrogens (primary N) is 1. The average molecular weight is 501 g/mol. The van der Waals surface area contributed by atoms with Crippen molar-refractivity contribution in [3.05, 3.63) is 64.8 Å². The second-order valence-electron chi connectivity index (χ2n) is 9.54. The Labute approximate surface area is 205 Å². The van der Waals surface area contributed by atoms with Crippen LogP contribution in [0, 0.1) is 0 Å². The number of likely N-dealkylation sites (tertiary alicyclic amines) is 1. The summed E-state index contributed by atoms with van der Waals surface area (Å²) in [6, 6.07) is 8.95. The Balaban J connectivity index is 1.31. The van der Waals surface area contributed by atoms with Crippen molar-refractivity contribution in [3.8, 4) is 0 Å². The number of anilines is 1. The van der Waals surface area contributed by atoms with E-state index in [4.69, 9.17) is 5.73 Å². The second-order valence-corrected chi connectivity index (χ2v) is 9.54. The van der Waals surface area contributed by atoms with Crippen molar-refractivity contribution in [2.24, 2.45) is 5.73 Å². The summed E-state index contributed by atoms with van der Waals surface area (Å²) in [6.45, 7) is 1.15. The number of hydrogen-bond acceptors (Lipinski definition) is 6. The molecule has 3 heterocycles. The lowest BCUT2D eigenvalue weighted by atomic mass is 9.87. The quantitative estimate of drug-likeness (QED) is 0.559. The number of carbonyl (C=O) groups is 1. The zero-order chi connectivity index (χ0) is 25.4. The molecule has 1 saturated carbocycles. The van der Waals surface area contributed by atoms with Gasteiger partial charge in [-0.15, -0.1) is 0 Å². The van der Waals surface area contributed by atoms with Crippen molar-refractivity contribution in [1.82, 2.24) is 19.4 Å². The molecule has 1 amide bonds. The summed E-state index contributed by atoms with van der Waals surface area (Å²) < 4.78 is 41.9. The maximum absolute atomic E-state index is 13.4. The predicted molar refractivity (Wildman–Crippen MR) is 128 cm³/mol. The smallest absolute Gasteiger partial charge is 0.368 e. The third-order valence-corrected chi connectivity index (χ3v) is 7.30. The molecule has 5 rings (SSSR count). The lowest BCUT2D eigenvalue weighted by Crippen LogP contribution is -2.64. The summed E-state index contributed by atoms with van der Waals surface area (Å²) in [7, 11) is 0. The van der Waals surface area contributed by atoms with Crippen molar-refractivity contribution in [2.75, 3.05) is 24.5 Å². The number of benzene rings is 1. The van der Waals surface area contributed by atoms with Gasteiger partial charge in [0.05, 0.1) is 23.7 Å². The molecule has 0 radical (unpaired) electrons. The molecule has 0 bridgehead atoms. The molecule has 0 unspecified atom stereocenters. The van der Waals surface area contributed by atoms with Crippen molar-refractivity contribution in [2.45, 2.75) is 50.0 Å². The number of fused-ring (bicyclic) bond motifs is 1. The Morgan fingerprint density at radius 2 is 1.78 bits per heavy atom. The zero-order valence-corrected chi connectivity index (χ0v) is 19.6. The van der Waals surface area contributed by atoms with Gasteiger partial charge >= 0.3 is 6.18 Å². The normalized spacial score (nSPS) is 21.3. The Bertz CT molecular complexity index is 1310. The molecule has 1 saturated heterocycles. The first kappa shape index (κ1) is 24.2. The van der Waals surface area contributed by atoms with Gasteiger partial charge in [0.1, 0.15) is 12.1 Å². The fourth-order valence-electron chi connectivity index (χ4n) is 5.42. The van der Waals surface area contributed by atoms with E-state index in [0.717, 1.165) is 37.8 Å². The lowest BCUT2D eigenvalue weighted by molar-refractivity contribution is -0.137. The van der Waals surface area contributed by atoms with Crippen LogP contribution in [0.5, 0.6) is 0 Å². The number of nitrogens with zero attached hydrogens (tertiary/aromatic N) is 5. The van der Waals surface area contributed by atoms with E-state index in [1.165, 1.54) is 12.4 Å². The highest BCUT2D eigenvalue weighted by atomic mass is 19.4. The standard InChI is InChI=1S/C25H27F3N6O2/c26-25(27,28)16-4-9-21-20(11-16)24(31-15-30-21)34(14-22(29)35)19-12-32(13-19)17-5-7-18(8-6-17)33-10-2-1-3-23(33)36/h1-4,9-11,15,17-19H,5-8,12-14H2,(H2,29,35). The van der Waals surface area contributed by atoms with E-state index < -0.39 is 17.6 Å². The number of amides is 1. The van der Waals surface area contributed by atoms with Crippen molar-refractivity contribution < 1.29 is 18.0 Å². The Hall–Kier alpha value is -3.47. The SMILES string of the molecule is NC(=O)CN(c1ncnc2ccc(C(F)(F)F)cc12)C1CN(C2CCC(n3ccccc3=O)CC2)C1. The second kappa shape index (κ2) is 9.53. The molecule has 11 heteroatoms. The minimum Gasteiger partial charge on any atom is -0.368 e. The van der Waals surface area contributed by atoms with Crippen LogP contribution < -0.4 is 16.2 Å². The molecule has 1 aliphatic carbocycles. The van der Waals surface area contributed by atoms with E-state index in [0.29, 0.717) is 24.6 Å². The number of pyridine rings is 1. The van der Waals surface area contributed by atoms with Crippen LogP contribution in [0.4, 0.5) is 19.0 Å². The first-order chi connectivity index (χ1) is 17.2. The summed E-state index contributed by atoms with van der Waals surface area (Å²) >= 11 is 0. The zero-order valence-electron chi connectivity index (χ0n) is 19.6. The number of hydrogen-bond donors (Lipinski definition) is 1. The molecule has 8 nitrogen and oxygen atoms in total. The summed E-state index contributed by atoms with van der Waals surface area (Å²) in [5, 5.41) is 0.237. The largest absolute Gasteiger partial charge is 0.416 e. The highest BCUT2D eigenvalue weighted by molar-refractivity contribution is 5.92. The molecule has 0 spiro atoms. The Kier molecular flexibility index (Phi) is 6.42. The molecular formula is C25H27F3N6O2. The van der Waals surface area contributed by atoms with Gasteiger partial charge in [-0.25, -0.2) is 9.97 Å². The lowest BCUT2D eigenvalue weighted by Gasteiger charge is -2.50. The molecule has 0 atom stereocenters. The van der Waals surface area contributed by atoms with Gasteiger partial charge in [-0.05, 0) is 49.9 Å². The molecule has 1 aromatic carbocycles. The van der Waals surface area contributed by atoms with Gasteiger partial charge in [0.2, 0.25) is 5.91 Å². The third-order valence-electron chi connectivity index (χ3n) is 7.30. The minimum absolute atomic E-state index is 0.0119. The molecule has 2 N–H and O–H groups in total. The number of alkyl halides is 3. The van der Waals surface area contributed by atoms with Crippen LogP contribution in [0.3, 0.4) is 0 Å². The maximum Gasteiger partial charge on any atom is 0.416 e. The first-order valence-electron chi connectivity index (χ1n) is 12.0. The molecule has 2 fully saturated rings. The van der Waals surface area contributed by atoms with E-state index in [1.807, 2.05) is 12.3 Å². The van der Waals surface area contributed by atoms with Gasteiger partial charge in [-0.2, -0.15) is 13.2 Å². The Morgan fingerprint density at radius 1 is 1.06 bits per heavy atom. The van der Waals surface area contributed by atoms with Crippen LogP contribution in [0.15, 0.2) is 53.7 Å². The molecule has 3 aromatic rings. The van der Waals surface area contributed by atoms with Crippen molar-refractivity contribution in [3.63, 3.8) is 0 Å². The van der Waals surface area contributed by atoms with E-state index in [2.05, 4.69) is 14.9 Å². The first-order valence-corrected chi connectivity index (χ1v) is 12.0. The van der Waals surface area contributed by atoms with Crippen LogP contribution in [-0.4, -0.2) is 57.1 Å². The van der Waals surface area contributed by atoms with Gasteiger partial charge in [0.25, 0.3) is 5.56 Å². The molecule has 2 aliphatic rings. The van der Waals surface area contributed by atoms with Crippen molar-refractivity contribution >= 4 is 22.6 Å². The fourth-order valence-corrected chi connectivity index (χ4v) is 5.42. The Morgan fingerprint density at radius 3 is 2.44 bits per heavy atom. The van der Waals surface area contributed by atoms with Crippen LogP contribution in [0.1, 0.15) is 37.3 Å². The van der Waals surface area contributed by atoms with Crippen LogP contribution >= 0.6 is 0 Å². The number of aromatic nitrogens is 3. The number of carbonyl (C=O) groups excluding carboxylic acids is 1. The number of primary amides is 1. The predicted octanol–water partition coefficient (Wildman–Crippen LogP) is 2.97. The summed E-state index contributed by atoms with van der Waals surface area (Å²) in [5.74, 6) is -0.303. The molecule has 190 valence electrons. The number of rotatable bonds is 6. The minimum atomic E-state index is -4.51. The van der Waals surface area contributed by atoms with Crippen LogP contribution in [0.25, 0.3) is 10.9 Å². The molecular weight excluding hydrogens is 473 g/mol. The maximum atomic E-state index is 13.4. The summed E-state index contributed by atoms with van der Waals surface area (Å²) in [5.41, 5.74) is 5.09. The number of halogens is 3. The molecule has 2 aromatic heterocycles. The molecule has 1 aliphatic heterocycles. The summed E-state index contributed by atoms with van der Waals surface area (Å²) in [6.07, 6.45) is 2.31. The fraction of sp³-hybridized carbons (Fsp3) is 0.440.